The molecule has 1 rings (SSSR count). The SMILES string of the molecule is CCCCCC(CCC)COCCOCCOCCOCCOC(=O)c1ccc(O)cc1. The van der Waals surface area contributed by atoms with Gasteiger partial charge in [-0.3, -0.25) is 0 Å². The van der Waals surface area contributed by atoms with Crippen LogP contribution >= 0.6 is 0 Å². The molecule has 1 unspecified atom stereocenters. The quantitative estimate of drug-likeness (QED) is 0.214. The maximum atomic E-state index is 11.8. The van der Waals surface area contributed by atoms with Gasteiger partial charge in [-0.15, -0.1) is 0 Å². The highest BCUT2D eigenvalue weighted by atomic mass is 16.6. The van der Waals surface area contributed by atoms with E-state index >= 15 is 0 Å². The Labute approximate surface area is 193 Å². The number of hydrogen-bond donors (Lipinski definition) is 1. The number of ether oxygens (including phenoxy) is 5. The van der Waals surface area contributed by atoms with Crippen molar-refractivity contribution in [1.29, 1.82) is 0 Å². The van der Waals surface area contributed by atoms with Crippen molar-refractivity contribution in [3.8, 4) is 5.75 Å². The highest BCUT2D eigenvalue weighted by Gasteiger charge is 2.08. The molecule has 0 radical (unpaired) electrons. The maximum Gasteiger partial charge on any atom is 0.338 e. The van der Waals surface area contributed by atoms with Crippen molar-refractivity contribution in [1.82, 2.24) is 0 Å². The third-order valence-electron chi connectivity index (χ3n) is 4.95. The van der Waals surface area contributed by atoms with Crippen LogP contribution in [0.1, 0.15) is 62.7 Å². The first-order valence-corrected chi connectivity index (χ1v) is 11.9. The van der Waals surface area contributed by atoms with Gasteiger partial charge in [-0.25, -0.2) is 4.79 Å². The number of carbonyl (C=O) groups is 1. The summed E-state index contributed by atoms with van der Waals surface area (Å²) in [6.45, 7) is 8.91. The Morgan fingerprint density at radius 2 is 1.31 bits per heavy atom. The lowest BCUT2D eigenvalue weighted by Gasteiger charge is -2.16. The van der Waals surface area contributed by atoms with Gasteiger partial charge in [0.05, 0.1) is 51.8 Å². The standard InChI is InChI=1S/C25H42O7/c1-3-5-6-8-22(7-4-2)21-31-18-17-29-14-13-28-15-16-30-19-20-32-25(27)23-9-11-24(26)12-10-23/h9-12,22,26H,3-8,13-21H2,1-2H3. The predicted octanol–water partition coefficient (Wildman–Crippen LogP) is 4.61. The first-order valence-electron chi connectivity index (χ1n) is 11.9. The molecule has 0 aliphatic rings. The van der Waals surface area contributed by atoms with Gasteiger partial charge < -0.3 is 28.8 Å². The Balaban J connectivity index is 1.85. The van der Waals surface area contributed by atoms with Crippen LogP contribution in [-0.2, 0) is 23.7 Å². The van der Waals surface area contributed by atoms with Crippen LogP contribution in [0, 0.1) is 5.92 Å². The van der Waals surface area contributed by atoms with Gasteiger partial charge in [0.2, 0.25) is 0 Å². The van der Waals surface area contributed by atoms with Gasteiger partial charge in [-0.1, -0.05) is 39.5 Å². The molecule has 0 fully saturated rings. The Morgan fingerprint density at radius 1 is 0.750 bits per heavy atom. The van der Waals surface area contributed by atoms with E-state index in [0.29, 0.717) is 57.7 Å². The van der Waals surface area contributed by atoms with Crippen LogP contribution in [0.25, 0.3) is 0 Å². The zero-order valence-corrected chi connectivity index (χ0v) is 19.9. The average Bonchev–Trinajstić information content (AvgIpc) is 2.79. The summed E-state index contributed by atoms with van der Waals surface area (Å²) in [5, 5.41) is 9.21. The van der Waals surface area contributed by atoms with Crippen LogP contribution in [0.4, 0.5) is 0 Å². The lowest BCUT2D eigenvalue weighted by atomic mass is 9.97. The number of esters is 1. The summed E-state index contributed by atoms with van der Waals surface area (Å²) in [5.41, 5.74) is 0.393. The molecular weight excluding hydrogens is 412 g/mol. The summed E-state index contributed by atoms with van der Waals surface area (Å²) in [6, 6.07) is 5.91. The molecule has 1 N–H and O–H groups in total. The molecule has 0 aliphatic carbocycles. The molecule has 0 saturated carbocycles. The number of rotatable bonds is 21. The minimum absolute atomic E-state index is 0.109. The van der Waals surface area contributed by atoms with Crippen molar-refractivity contribution >= 4 is 5.97 Å². The van der Waals surface area contributed by atoms with Gasteiger partial charge in [-0.05, 0) is 43.0 Å². The molecule has 1 aromatic rings. The predicted molar refractivity (Wildman–Crippen MR) is 124 cm³/mol. The van der Waals surface area contributed by atoms with Gasteiger partial charge in [0.1, 0.15) is 12.4 Å². The van der Waals surface area contributed by atoms with Crippen molar-refractivity contribution in [2.24, 2.45) is 5.92 Å². The second kappa shape index (κ2) is 20.0. The molecule has 7 heteroatoms. The molecule has 0 aromatic heterocycles. The number of benzene rings is 1. The monoisotopic (exact) mass is 454 g/mol. The fourth-order valence-electron chi connectivity index (χ4n) is 3.19. The largest absolute Gasteiger partial charge is 0.508 e. The third kappa shape index (κ3) is 15.2. The van der Waals surface area contributed by atoms with Crippen molar-refractivity contribution in [2.75, 3.05) is 59.5 Å². The Morgan fingerprint density at radius 3 is 1.88 bits per heavy atom. The normalized spacial score (nSPS) is 12.1. The van der Waals surface area contributed by atoms with E-state index in [2.05, 4.69) is 13.8 Å². The number of phenolic OH excluding ortho intramolecular Hbond substituents is 1. The van der Waals surface area contributed by atoms with Crippen molar-refractivity contribution < 1.29 is 33.6 Å². The number of phenols is 1. The van der Waals surface area contributed by atoms with Crippen molar-refractivity contribution in [2.45, 2.75) is 52.4 Å². The van der Waals surface area contributed by atoms with Crippen LogP contribution in [0.15, 0.2) is 24.3 Å². The highest BCUT2D eigenvalue weighted by molar-refractivity contribution is 5.89. The van der Waals surface area contributed by atoms with Crippen molar-refractivity contribution in [3.63, 3.8) is 0 Å². The van der Waals surface area contributed by atoms with Gasteiger partial charge in [0, 0.05) is 6.61 Å². The zero-order chi connectivity index (χ0) is 23.3. The molecule has 1 aromatic carbocycles. The minimum Gasteiger partial charge on any atom is -0.508 e. The van der Waals surface area contributed by atoms with Crippen molar-refractivity contribution in [3.05, 3.63) is 29.8 Å². The molecule has 184 valence electrons. The Bertz CT molecular complexity index is 562. The van der Waals surface area contributed by atoms with Crippen LogP contribution in [0.3, 0.4) is 0 Å². The summed E-state index contributed by atoms with van der Waals surface area (Å²) in [5.74, 6) is 0.340. The van der Waals surface area contributed by atoms with E-state index in [4.69, 9.17) is 23.7 Å². The maximum absolute atomic E-state index is 11.8. The number of unbranched alkanes of at least 4 members (excludes halogenated alkanes) is 2. The molecule has 0 saturated heterocycles. The van der Waals surface area contributed by atoms with Gasteiger partial charge in [-0.2, -0.15) is 0 Å². The zero-order valence-electron chi connectivity index (χ0n) is 19.9. The van der Waals surface area contributed by atoms with Gasteiger partial charge in [0.15, 0.2) is 0 Å². The lowest BCUT2D eigenvalue weighted by molar-refractivity contribution is -0.0123. The van der Waals surface area contributed by atoms with E-state index in [-0.39, 0.29) is 12.4 Å². The molecule has 32 heavy (non-hydrogen) atoms. The fraction of sp³-hybridized carbons (Fsp3) is 0.720. The Hall–Kier alpha value is -1.67. The van der Waals surface area contributed by atoms with E-state index in [1.165, 1.54) is 62.8 Å². The van der Waals surface area contributed by atoms with E-state index in [1.807, 2.05) is 0 Å². The first-order chi connectivity index (χ1) is 15.7. The number of hydrogen-bond acceptors (Lipinski definition) is 7. The smallest absolute Gasteiger partial charge is 0.338 e. The topological polar surface area (TPSA) is 83.5 Å². The Kier molecular flexibility index (Phi) is 17.7. The summed E-state index contributed by atoms with van der Waals surface area (Å²) >= 11 is 0. The highest BCUT2D eigenvalue weighted by Crippen LogP contribution is 2.16. The average molecular weight is 455 g/mol. The fourth-order valence-corrected chi connectivity index (χ4v) is 3.19. The van der Waals surface area contributed by atoms with E-state index in [9.17, 15) is 9.90 Å². The second-order valence-corrected chi connectivity index (χ2v) is 7.75. The lowest BCUT2D eigenvalue weighted by Crippen LogP contribution is -2.15. The van der Waals surface area contributed by atoms with E-state index in [1.54, 1.807) is 0 Å². The summed E-state index contributed by atoms with van der Waals surface area (Å²) < 4.78 is 27.2. The van der Waals surface area contributed by atoms with Crippen LogP contribution in [0.5, 0.6) is 5.75 Å². The molecule has 0 amide bonds. The number of aromatic hydroxyl groups is 1. The molecular formula is C25H42O7. The minimum atomic E-state index is -0.441. The van der Waals surface area contributed by atoms with Crippen LogP contribution < -0.4 is 0 Å². The van der Waals surface area contributed by atoms with Gasteiger partial charge in [0.25, 0.3) is 0 Å². The molecule has 0 spiro atoms. The second-order valence-electron chi connectivity index (χ2n) is 7.75. The van der Waals surface area contributed by atoms with Crippen LogP contribution in [0.2, 0.25) is 0 Å². The summed E-state index contributed by atoms with van der Waals surface area (Å²) in [7, 11) is 0. The third-order valence-corrected chi connectivity index (χ3v) is 4.95. The van der Waals surface area contributed by atoms with Crippen LogP contribution in [-0.4, -0.2) is 70.5 Å². The molecule has 1 atom stereocenters. The summed E-state index contributed by atoms with van der Waals surface area (Å²) in [4.78, 5) is 11.8. The molecule has 0 aliphatic heterocycles. The summed E-state index contributed by atoms with van der Waals surface area (Å²) in [6.07, 6.45) is 7.58. The van der Waals surface area contributed by atoms with Gasteiger partial charge >= 0.3 is 5.97 Å². The molecule has 7 nitrogen and oxygen atoms in total. The first kappa shape index (κ1) is 28.4. The molecule has 0 heterocycles. The molecule has 0 bridgehead atoms. The van der Waals surface area contributed by atoms with E-state index in [0.717, 1.165) is 6.61 Å². The number of carbonyl (C=O) groups excluding carboxylic acids is 1. The van der Waals surface area contributed by atoms with E-state index < -0.39 is 5.97 Å².